The molecular formula is C22H28N4O3. The Balaban J connectivity index is 1.54. The number of hydrogen-bond donors (Lipinski definition) is 1. The number of methoxy groups -OCH3 is 1. The van der Waals surface area contributed by atoms with E-state index in [1.807, 2.05) is 42.5 Å². The first-order chi connectivity index (χ1) is 13.9. The number of ether oxygens (including phenoxy) is 1. The van der Waals surface area contributed by atoms with E-state index in [9.17, 15) is 9.59 Å². The fraction of sp³-hybridized carbons (Fsp3) is 0.409. The summed E-state index contributed by atoms with van der Waals surface area (Å²) in [6, 6.07) is 13.3. The average molecular weight is 396 g/mol. The molecular weight excluding hydrogens is 368 g/mol. The Bertz CT molecular complexity index is 829. The van der Waals surface area contributed by atoms with Crippen LogP contribution in [0.4, 0.5) is 5.82 Å². The molecule has 3 rings (SSSR count). The molecule has 1 aliphatic heterocycles. The Hall–Kier alpha value is -3.09. The lowest BCUT2D eigenvalue weighted by Gasteiger charge is -2.38. The van der Waals surface area contributed by atoms with Gasteiger partial charge in [-0.25, -0.2) is 4.98 Å². The van der Waals surface area contributed by atoms with Gasteiger partial charge in [0.2, 0.25) is 11.8 Å². The fourth-order valence-electron chi connectivity index (χ4n) is 3.32. The first kappa shape index (κ1) is 20.6. The van der Waals surface area contributed by atoms with Crippen molar-refractivity contribution in [3.63, 3.8) is 0 Å². The molecule has 7 nitrogen and oxygen atoms in total. The first-order valence-corrected chi connectivity index (χ1v) is 9.78. The third-order valence-electron chi connectivity index (χ3n) is 5.25. The molecule has 0 unspecified atom stereocenters. The van der Waals surface area contributed by atoms with Gasteiger partial charge in [-0.1, -0.05) is 18.2 Å². The predicted molar refractivity (Wildman–Crippen MR) is 112 cm³/mol. The number of piperazine rings is 1. The Morgan fingerprint density at radius 2 is 1.76 bits per heavy atom. The van der Waals surface area contributed by atoms with E-state index < -0.39 is 5.41 Å². The summed E-state index contributed by atoms with van der Waals surface area (Å²) in [5.74, 6) is 1.26. The molecule has 2 aromatic rings. The van der Waals surface area contributed by atoms with Crippen LogP contribution in [0.2, 0.25) is 0 Å². The third kappa shape index (κ3) is 4.85. The van der Waals surface area contributed by atoms with Crippen LogP contribution >= 0.6 is 0 Å². The van der Waals surface area contributed by atoms with Crippen molar-refractivity contribution in [1.82, 2.24) is 15.2 Å². The summed E-state index contributed by atoms with van der Waals surface area (Å²) in [6.07, 6.45) is 1.77. The van der Waals surface area contributed by atoms with Gasteiger partial charge in [0.15, 0.2) is 0 Å². The van der Waals surface area contributed by atoms with E-state index in [0.29, 0.717) is 32.7 Å². The van der Waals surface area contributed by atoms with Crippen molar-refractivity contribution in [2.45, 2.75) is 20.4 Å². The minimum atomic E-state index is -1.13. The number of hydrogen-bond acceptors (Lipinski definition) is 5. The summed E-state index contributed by atoms with van der Waals surface area (Å²) >= 11 is 0. The van der Waals surface area contributed by atoms with Gasteiger partial charge in [0.25, 0.3) is 0 Å². The van der Waals surface area contributed by atoms with Gasteiger partial charge in [-0.3, -0.25) is 9.59 Å². The van der Waals surface area contributed by atoms with Crippen LogP contribution in [-0.2, 0) is 16.1 Å². The van der Waals surface area contributed by atoms with E-state index in [4.69, 9.17) is 4.74 Å². The number of carbonyl (C=O) groups is 2. The van der Waals surface area contributed by atoms with Gasteiger partial charge in [-0.2, -0.15) is 0 Å². The zero-order valence-corrected chi connectivity index (χ0v) is 17.2. The van der Waals surface area contributed by atoms with E-state index in [-0.39, 0.29) is 11.8 Å². The summed E-state index contributed by atoms with van der Waals surface area (Å²) in [5.41, 5.74) is -0.175. The first-order valence-electron chi connectivity index (χ1n) is 9.78. The van der Waals surface area contributed by atoms with Crippen molar-refractivity contribution in [2.75, 3.05) is 38.2 Å². The lowest BCUT2D eigenvalue weighted by atomic mass is 9.90. The molecule has 0 bridgehead atoms. The lowest BCUT2D eigenvalue weighted by molar-refractivity contribution is -0.148. The van der Waals surface area contributed by atoms with E-state index in [0.717, 1.165) is 17.1 Å². The summed E-state index contributed by atoms with van der Waals surface area (Å²) in [7, 11) is 1.61. The van der Waals surface area contributed by atoms with Crippen molar-refractivity contribution >= 4 is 17.6 Å². The van der Waals surface area contributed by atoms with Crippen LogP contribution in [0.1, 0.15) is 19.4 Å². The molecule has 1 saturated heterocycles. The van der Waals surface area contributed by atoms with E-state index in [1.54, 1.807) is 32.1 Å². The molecule has 0 saturated carbocycles. The van der Waals surface area contributed by atoms with Crippen molar-refractivity contribution in [2.24, 2.45) is 5.41 Å². The zero-order chi connectivity index (χ0) is 20.9. The van der Waals surface area contributed by atoms with Crippen LogP contribution in [0.3, 0.4) is 0 Å². The topological polar surface area (TPSA) is 74.8 Å². The number of nitrogens with zero attached hydrogens (tertiary/aromatic N) is 3. The van der Waals surface area contributed by atoms with Crippen molar-refractivity contribution in [3.8, 4) is 5.75 Å². The lowest BCUT2D eigenvalue weighted by Crippen LogP contribution is -2.55. The van der Waals surface area contributed by atoms with Crippen molar-refractivity contribution in [3.05, 3.63) is 54.2 Å². The standard InChI is InChI=1S/C22H28N4O3/c1-22(2,20(27)24-16-17-7-9-18(29-3)10-8-17)21(28)26-14-12-25(13-15-26)19-6-4-5-11-23-19/h4-11H,12-16H2,1-3H3,(H,24,27). The summed E-state index contributed by atoms with van der Waals surface area (Å²) in [4.78, 5) is 34.0. The molecule has 29 heavy (non-hydrogen) atoms. The number of carbonyl (C=O) groups excluding carboxylic acids is 2. The SMILES string of the molecule is COc1ccc(CNC(=O)C(C)(C)C(=O)N2CCN(c3ccccn3)CC2)cc1. The second kappa shape index (κ2) is 8.94. The highest BCUT2D eigenvalue weighted by molar-refractivity contribution is 6.04. The zero-order valence-electron chi connectivity index (χ0n) is 17.2. The molecule has 2 heterocycles. The van der Waals surface area contributed by atoms with Crippen LogP contribution in [0.5, 0.6) is 5.75 Å². The van der Waals surface area contributed by atoms with Gasteiger partial charge < -0.3 is 19.9 Å². The highest BCUT2D eigenvalue weighted by Gasteiger charge is 2.39. The minimum Gasteiger partial charge on any atom is -0.497 e. The van der Waals surface area contributed by atoms with Crippen LogP contribution in [0, 0.1) is 5.41 Å². The molecule has 0 radical (unpaired) electrons. The summed E-state index contributed by atoms with van der Waals surface area (Å²) in [5, 5.41) is 2.88. The highest BCUT2D eigenvalue weighted by Crippen LogP contribution is 2.22. The van der Waals surface area contributed by atoms with Crippen LogP contribution in [-0.4, -0.2) is 55.0 Å². The normalized spacial score (nSPS) is 14.4. The Labute approximate surface area is 171 Å². The van der Waals surface area contributed by atoms with E-state index in [1.165, 1.54) is 0 Å². The molecule has 1 fully saturated rings. The van der Waals surface area contributed by atoms with Crippen molar-refractivity contribution < 1.29 is 14.3 Å². The number of anilines is 1. The largest absolute Gasteiger partial charge is 0.497 e. The van der Waals surface area contributed by atoms with Crippen LogP contribution in [0.15, 0.2) is 48.7 Å². The van der Waals surface area contributed by atoms with Gasteiger partial charge in [0.1, 0.15) is 17.0 Å². The smallest absolute Gasteiger partial charge is 0.237 e. The summed E-state index contributed by atoms with van der Waals surface area (Å²) < 4.78 is 5.14. The average Bonchev–Trinajstić information content (AvgIpc) is 2.78. The van der Waals surface area contributed by atoms with Gasteiger partial charge in [0.05, 0.1) is 7.11 Å². The van der Waals surface area contributed by atoms with Gasteiger partial charge in [-0.15, -0.1) is 0 Å². The van der Waals surface area contributed by atoms with Crippen molar-refractivity contribution in [1.29, 1.82) is 0 Å². The maximum Gasteiger partial charge on any atom is 0.237 e. The highest BCUT2D eigenvalue weighted by atomic mass is 16.5. The molecule has 0 spiro atoms. The predicted octanol–water partition coefficient (Wildman–Crippen LogP) is 2.08. The quantitative estimate of drug-likeness (QED) is 0.757. The number of aromatic nitrogens is 1. The summed E-state index contributed by atoms with van der Waals surface area (Å²) in [6.45, 7) is 6.29. The van der Waals surface area contributed by atoms with Crippen LogP contribution < -0.4 is 15.0 Å². The molecule has 7 heteroatoms. The molecule has 1 N–H and O–H groups in total. The Morgan fingerprint density at radius 3 is 2.34 bits per heavy atom. The molecule has 0 atom stereocenters. The molecule has 154 valence electrons. The number of amides is 2. The molecule has 0 aliphatic carbocycles. The maximum absolute atomic E-state index is 13.0. The van der Waals surface area contributed by atoms with E-state index in [2.05, 4.69) is 15.2 Å². The Kier molecular flexibility index (Phi) is 6.36. The minimum absolute atomic E-state index is 0.148. The monoisotopic (exact) mass is 396 g/mol. The van der Waals surface area contributed by atoms with Gasteiger partial charge >= 0.3 is 0 Å². The second-order valence-electron chi connectivity index (χ2n) is 7.62. The number of rotatable bonds is 6. The number of benzene rings is 1. The number of nitrogens with one attached hydrogen (secondary N) is 1. The number of pyridine rings is 1. The maximum atomic E-state index is 13.0. The van der Waals surface area contributed by atoms with E-state index >= 15 is 0 Å². The molecule has 1 aromatic heterocycles. The molecule has 1 aliphatic rings. The third-order valence-corrected chi connectivity index (χ3v) is 5.25. The van der Waals surface area contributed by atoms with Crippen LogP contribution in [0.25, 0.3) is 0 Å². The molecule has 2 amide bonds. The second-order valence-corrected chi connectivity index (χ2v) is 7.62. The fourth-order valence-corrected chi connectivity index (χ4v) is 3.32. The molecule has 1 aromatic carbocycles. The van der Waals surface area contributed by atoms with Gasteiger partial charge in [0, 0.05) is 38.9 Å². The van der Waals surface area contributed by atoms with Gasteiger partial charge in [-0.05, 0) is 43.7 Å². The Morgan fingerprint density at radius 1 is 1.07 bits per heavy atom.